The van der Waals surface area contributed by atoms with Crippen molar-refractivity contribution in [2.24, 2.45) is 7.05 Å². The molecule has 4 aromatic rings. The van der Waals surface area contributed by atoms with E-state index in [4.69, 9.17) is 23.2 Å². The highest BCUT2D eigenvalue weighted by molar-refractivity contribution is 6.34. The number of hydrogen-bond acceptors (Lipinski definition) is 3. The zero-order valence-corrected chi connectivity index (χ0v) is 17.8. The lowest BCUT2D eigenvalue weighted by Crippen LogP contribution is -2.16. The van der Waals surface area contributed by atoms with Crippen LogP contribution in [0, 0.1) is 5.82 Å². The van der Waals surface area contributed by atoms with Gasteiger partial charge in [-0.3, -0.25) is 0 Å². The van der Waals surface area contributed by atoms with Crippen LogP contribution in [-0.2, 0) is 7.05 Å². The first kappa shape index (κ1) is 22.1. The summed E-state index contributed by atoms with van der Waals surface area (Å²) in [7, 11) is 1.64. The van der Waals surface area contributed by atoms with Crippen molar-refractivity contribution in [3.8, 4) is 39.7 Å². The predicted octanol–water partition coefficient (Wildman–Crippen LogP) is 7.16. The smallest absolute Gasteiger partial charge is 0.406 e. The van der Waals surface area contributed by atoms with Gasteiger partial charge in [0.1, 0.15) is 11.6 Å². The fourth-order valence-corrected chi connectivity index (χ4v) is 3.67. The summed E-state index contributed by atoms with van der Waals surface area (Å²) in [5.41, 5.74) is 1.95. The molecule has 32 heavy (non-hydrogen) atoms. The minimum Gasteiger partial charge on any atom is -0.406 e. The minimum absolute atomic E-state index is 0.0879. The molecule has 4 nitrogen and oxygen atoms in total. The van der Waals surface area contributed by atoms with Crippen LogP contribution in [0.3, 0.4) is 0 Å². The number of hydrogen-bond donors (Lipinski definition) is 0. The summed E-state index contributed by atoms with van der Waals surface area (Å²) in [6.07, 6.45) is -4.76. The van der Waals surface area contributed by atoms with Gasteiger partial charge in [0.05, 0.1) is 15.6 Å². The van der Waals surface area contributed by atoms with E-state index in [1.165, 1.54) is 41.1 Å². The third kappa shape index (κ3) is 4.56. The van der Waals surface area contributed by atoms with Gasteiger partial charge >= 0.3 is 6.36 Å². The van der Waals surface area contributed by atoms with Crippen molar-refractivity contribution in [1.82, 2.24) is 14.8 Å². The van der Waals surface area contributed by atoms with Gasteiger partial charge in [0.25, 0.3) is 0 Å². The number of alkyl halides is 3. The van der Waals surface area contributed by atoms with Crippen molar-refractivity contribution in [2.75, 3.05) is 0 Å². The van der Waals surface area contributed by atoms with E-state index in [1.807, 2.05) is 0 Å². The summed E-state index contributed by atoms with van der Waals surface area (Å²) in [5, 5.41) is 4.77. The van der Waals surface area contributed by atoms with Crippen LogP contribution in [0.4, 0.5) is 17.6 Å². The second-order valence-electron chi connectivity index (χ2n) is 6.75. The molecule has 0 unspecified atom stereocenters. The molecule has 0 aliphatic heterocycles. The summed E-state index contributed by atoms with van der Waals surface area (Å²) in [4.78, 5) is 4.40. The first-order valence-corrected chi connectivity index (χ1v) is 9.89. The van der Waals surface area contributed by atoms with Crippen LogP contribution in [0.2, 0.25) is 10.0 Å². The lowest BCUT2D eigenvalue weighted by molar-refractivity contribution is -0.274. The number of rotatable bonds is 4. The van der Waals surface area contributed by atoms with Crippen molar-refractivity contribution in [3.05, 3.63) is 76.5 Å². The Morgan fingerprint density at radius 1 is 0.906 bits per heavy atom. The molecule has 0 atom stereocenters. The van der Waals surface area contributed by atoms with Gasteiger partial charge in [-0.15, -0.1) is 13.2 Å². The van der Waals surface area contributed by atoms with E-state index in [0.29, 0.717) is 27.5 Å². The first-order valence-electron chi connectivity index (χ1n) is 9.14. The molecule has 10 heteroatoms. The molecule has 0 spiro atoms. The monoisotopic (exact) mass is 481 g/mol. The van der Waals surface area contributed by atoms with Gasteiger partial charge in [-0.25, -0.2) is 14.1 Å². The Morgan fingerprint density at radius 3 is 2.22 bits per heavy atom. The zero-order valence-electron chi connectivity index (χ0n) is 16.3. The normalized spacial score (nSPS) is 11.6. The van der Waals surface area contributed by atoms with E-state index < -0.39 is 12.2 Å². The SMILES string of the molecule is Cn1nc(-c2c(F)cccc2Cl)nc1-c1ccc(-c2ccc(OC(F)(F)F)cc2)cc1Cl. The van der Waals surface area contributed by atoms with Crippen molar-refractivity contribution >= 4 is 23.2 Å². The third-order valence-electron chi connectivity index (χ3n) is 4.58. The number of aromatic nitrogens is 3. The Bertz CT molecular complexity index is 1270. The Balaban J connectivity index is 1.65. The predicted molar refractivity (Wildman–Crippen MR) is 114 cm³/mol. The summed E-state index contributed by atoms with van der Waals surface area (Å²) in [5.74, 6) is -0.354. The second kappa shape index (κ2) is 8.44. The van der Waals surface area contributed by atoms with Crippen LogP contribution in [0.1, 0.15) is 0 Å². The fourth-order valence-electron chi connectivity index (χ4n) is 3.16. The summed E-state index contributed by atoms with van der Waals surface area (Å²) in [6, 6.07) is 14.8. The van der Waals surface area contributed by atoms with Gasteiger partial charge in [-0.2, -0.15) is 5.10 Å². The van der Waals surface area contributed by atoms with Gasteiger partial charge in [-0.05, 0) is 47.5 Å². The maximum atomic E-state index is 14.2. The molecule has 4 rings (SSSR count). The van der Waals surface area contributed by atoms with Crippen molar-refractivity contribution in [1.29, 1.82) is 0 Å². The Morgan fingerprint density at radius 2 is 1.59 bits per heavy atom. The van der Waals surface area contributed by atoms with E-state index in [2.05, 4.69) is 14.8 Å². The molecule has 0 saturated carbocycles. The van der Waals surface area contributed by atoms with Gasteiger partial charge in [0.15, 0.2) is 11.6 Å². The molecule has 0 aliphatic rings. The van der Waals surface area contributed by atoms with Crippen LogP contribution in [-0.4, -0.2) is 21.1 Å². The molecule has 1 aromatic heterocycles. The van der Waals surface area contributed by atoms with E-state index in [9.17, 15) is 17.6 Å². The molecule has 0 radical (unpaired) electrons. The number of aryl methyl sites for hydroxylation is 1. The standard InChI is InChI=1S/C22H13Cl2F4N3O/c1-31-21(29-20(30-31)19-16(23)3-2-4-18(19)25)15-10-7-13(11-17(15)24)12-5-8-14(9-6-12)32-22(26,27)28/h2-11H,1H3. The van der Waals surface area contributed by atoms with Crippen molar-refractivity contribution in [2.45, 2.75) is 6.36 Å². The van der Waals surface area contributed by atoms with Gasteiger partial charge < -0.3 is 4.74 Å². The Kier molecular flexibility index (Phi) is 5.83. The van der Waals surface area contributed by atoms with E-state index in [0.717, 1.165) is 0 Å². The number of nitrogens with zero attached hydrogens (tertiary/aromatic N) is 3. The highest BCUT2D eigenvalue weighted by Gasteiger charge is 2.31. The molecule has 1 heterocycles. The minimum atomic E-state index is -4.76. The van der Waals surface area contributed by atoms with Crippen LogP contribution in [0.15, 0.2) is 60.7 Å². The molecule has 0 saturated heterocycles. The van der Waals surface area contributed by atoms with Crippen molar-refractivity contribution < 1.29 is 22.3 Å². The van der Waals surface area contributed by atoms with E-state index >= 15 is 0 Å². The summed E-state index contributed by atoms with van der Waals surface area (Å²) in [6.45, 7) is 0. The Hall–Kier alpha value is -3.10. The lowest BCUT2D eigenvalue weighted by Gasteiger charge is -2.10. The topological polar surface area (TPSA) is 39.9 Å². The number of ether oxygens (including phenoxy) is 1. The lowest BCUT2D eigenvalue weighted by atomic mass is 10.0. The molecule has 164 valence electrons. The fraction of sp³-hybridized carbons (Fsp3) is 0.0909. The van der Waals surface area contributed by atoms with E-state index in [1.54, 1.807) is 31.3 Å². The maximum Gasteiger partial charge on any atom is 0.573 e. The van der Waals surface area contributed by atoms with Crippen LogP contribution < -0.4 is 4.74 Å². The van der Waals surface area contributed by atoms with Crippen LogP contribution in [0.5, 0.6) is 5.75 Å². The highest BCUT2D eigenvalue weighted by atomic mass is 35.5. The summed E-state index contributed by atoms with van der Waals surface area (Å²) < 4.78 is 56.6. The average molecular weight is 482 g/mol. The molecule has 0 fully saturated rings. The molecule has 0 aliphatic carbocycles. The number of benzene rings is 3. The van der Waals surface area contributed by atoms with E-state index in [-0.39, 0.29) is 22.2 Å². The average Bonchev–Trinajstić information content (AvgIpc) is 3.08. The zero-order chi connectivity index (χ0) is 23.0. The maximum absolute atomic E-state index is 14.2. The largest absolute Gasteiger partial charge is 0.573 e. The molecule has 0 N–H and O–H groups in total. The molecule has 0 amide bonds. The molecular weight excluding hydrogens is 469 g/mol. The Labute approximate surface area is 190 Å². The molecule has 3 aromatic carbocycles. The quantitative estimate of drug-likeness (QED) is 0.290. The molecular formula is C22H13Cl2F4N3O. The number of halogens is 6. The second-order valence-corrected chi connectivity index (χ2v) is 7.56. The van der Waals surface area contributed by atoms with Gasteiger partial charge in [0.2, 0.25) is 0 Å². The summed E-state index contributed by atoms with van der Waals surface area (Å²) >= 11 is 12.6. The molecule has 0 bridgehead atoms. The van der Waals surface area contributed by atoms with Crippen molar-refractivity contribution in [3.63, 3.8) is 0 Å². The van der Waals surface area contributed by atoms with Gasteiger partial charge in [0, 0.05) is 12.6 Å². The van der Waals surface area contributed by atoms with Crippen LogP contribution in [0.25, 0.3) is 33.9 Å². The third-order valence-corrected chi connectivity index (χ3v) is 5.21. The highest BCUT2D eigenvalue weighted by Crippen LogP contribution is 2.35. The van der Waals surface area contributed by atoms with Crippen LogP contribution >= 0.6 is 23.2 Å². The first-order chi connectivity index (χ1) is 15.1. The van der Waals surface area contributed by atoms with Gasteiger partial charge in [-0.1, -0.05) is 47.5 Å².